The molecule has 4 aromatic carbocycles. The number of hydrogen-bond donors (Lipinski definition) is 2. The van der Waals surface area contributed by atoms with Gasteiger partial charge in [0.1, 0.15) is 35.8 Å². The topological polar surface area (TPSA) is 218 Å². The molecule has 364 valence electrons. The van der Waals surface area contributed by atoms with E-state index >= 15 is 0 Å². The number of nitrogens with zero attached hydrogens (tertiary/aromatic N) is 6. The second-order valence-electron chi connectivity index (χ2n) is 17.0. The molecular weight excluding hydrogens is 941 g/mol. The molecule has 2 saturated carbocycles. The van der Waals surface area contributed by atoms with E-state index in [2.05, 4.69) is 0 Å². The van der Waals surface area contributed by atoms with E-state index in [-0.39, 0.29) is 60.5 Å². The van der Waals surface area contributed by atoms with Crippen molar-refractivity contribution >= 4 is 47.1 Å². The summed E-state index contributed by atoms with van der Waals surface area (Å²) in [7, 11) is 0. The van der Waals surface area contributed by atoms with Gasteiger partial charge in [-0.05, 0) is 103 Å². The van der Waals surface area contributed by atoms with Crippen LogP contribution in [0, 0.1) is 46.1 Å². The number of benzene rings is 4. The Morgan fingerprint density at radius 3 is 1.31 bits per heavy atom. The lowest BCUT2D eigenvalue weighted by molar-refractivity contribution is -0.191. The van der Waals surface area contributed by atoms with Crippen molar-refractivity contribution in [3.8, 4) is 12.1 Å². The zero-order chi connectivity index (χ0) is 51.5. The predicted molar refractivity (Wildman–Crippen MR) is 225 cm³/mol. The van der Waals surface area contributed by atoms with Gasteiger partial charge in [-0.25, -0.2) is 14.6 Å². The second-order valence-corrected chi connectivity index (χ2v) is 17.0. The largest absolute Gasteiger partial charge is 0.416 e. The fraction of sp³-hybridized carbons (Fsp3) is 0.319. The van der Waals surface area contributed by atoms with E-state index in [1.807, 2.05) is 18.4 Å². The third-order valence-corrected chi connectivity index (χ3v) is 12.5. The van der Waals surface area contributed by atoms with Gasteiger partial charge in [0.15, 0.2) is 0 Å². The molecule has 2 heterocycles. The molecule has 3 N–H and O–H groups in total. The highest BCUT2D eigenvalue weighted by Gasteiger charge is 2.62. The minimum atomic E-state index is -4.53. The Kier molecular flexibility index (Phi) is 14.6. The average Bonchev–Trinajstić information content (AvgIpc) is 3.29. The highest BCUT2D eigenvalue weighted by Crippen LogP contribution is 2.49. The molecule has 2 saturated heterocycles. The van der Waals surface area contributed by atoms with Gasteiger partial charge in [0.05, 0.1) is 45.8 Å². The number of anilines is 2. The van der Waals surface area contributed by atoms with Crippen LogP contribution in [0.1, 0.15) is 66.0 Å². The van der Waals surface area contributed by atoms with Crippen molar-refractivity contribution in [2.24, 2.45) is 17.7 Å². The number of nitriles is 2. The molecule has 4 aliphatic rings. The van der Waals surface area contributed by atoms with Crippen LogP contribution < -0.4 is 21.1 Å². The number of nitrogens with one attached hydrogen (secondary N) is 1. The fourth-order valence-corrected chi connectivity index (χ4v) is 9.16. The molecule has 2 aliphatic carbocycles. The van der Waals surface area contributed by atoms with Crippen LogP contribution in [0.15, 0.2) is 84.9 Å². The summed E-state index contributed by atoms with van der Waals surface area (Å²) in [5.74, 6) is 0.449. The number of rotatable bonds is 7. The number of amides is 5. The molecule has 8 rings (SSSR count). The van der Waals surface area contributed by atoms with Crippen molar-refractivity contribution in [2.45, 2.75) is 69.1 Å². The van der Waals surface area contributed by atoms with Crippen molar-refractivity contribution in [1.82, 2.24) is 15.2 Å². The standard InChI is InChI=1S/C23H19F4N5O3.C23H19F4N3O2.CO2/c24-17-7-14(10-28)3-6-18(17)31-12-19(33)32(11-13-1-4-16(5-2-13)23(25,26)27)22(21(31)35)8-15(9-22)20(34)30-29;1-14-9-22(10-14)21(32)29(19-7-4-16(11-28)8-18(19)24)13-20(31)30(22)12-15-2-5-17(6-3-15)23(25,26)27;2-1-3/h1-7,15H,8-9,11-12,29H2,(H,30,34);2-8,14H,9-10,12-13H2,1H3;. The number of carbonyl (C=O) groups excluding carboxylic acids is 7. The second kappa shape index (κ2) is 19.9. The van der Waals surface area contributed by atoms with Gasteiger partial charge in [-0.15, -0.1) is 0 Å². The Morgan fingerprint density at radius 1 is 0.657 bits per heavy atom. The summed E-state index contributed by atoms with van der Waals surface area (Å²) >= 11 is 0. The normalized spacial score (nSPS) is 21.8. The van der Waals surface area contributed by atoms with Crippen LogP contribution in [0.25, 0.3) is 0 Å². The van der Waals surface area contributed by atoms with Crippen LogP contribution in [-0.2, 0) is 59.0 Å². The van der Waals surface area contributed by atoms with E-state index < -0.39 is 94.7 Å². The predicted octanol–water partition coefficient (Wildman–Crippen LogP) is 5.91. The molecular formula is C47H38F8N8O7. The van der Waals surface area contributed by atoms with Gasteiger partial charge in [-0.2, -0.15) is 46.5 Å². The quantitative estimate of drug-likeness (QED) is 0.0966. The summed E-state index contributed by atoms with van der Waals surface area (Å²) in [4.78, 5) is 86.3. The lowest BCUT2D eigenvalue weighted by atomic mass is 9.64. The van der Waals surface area contributed by atoms with Gasteiger partial charge in [0.2, 0.25) is 17.7 Å². The monoisotopic (exact) mass is 978 g/mol. The van der Waals surface area contributed by atoms with Crippen molar-refractivity contribution in [2.75, 3.05) is 22.9 Å². The third kappa shape index (κ3) is 10.1. The van der Waals surface area contributed by atoms with Crippen LogP contribution in [0.2, 0.25) is 0 Å². The van der Waals surface area contributed by atoms with Gasteiger partial charge in [0, 0.05) is 19.0 Å². The molecule has 2 spiro atoms. The molecule has 0 unspecified atom stereocenters. The number of piperazine rings is 2. The van der Waals surface area contributed by atoms with Crippen molar-refractivity contribution in [1.29, 1.82) is 10.5 Å². The average molecular weight is 979 g/mol. The Morgan fingerprint density at radius 2 is 1.01 bits per heavy atom. The summed E-state index contributed by atoms with van der Waals surface area (Å²) in [6.45, 7) is 0.833. The molecule has 70 heavy (non-hydrogen) atoms. The number of nitrogens with two attached hydrogens (primary N) is 1. The van der Waals surface area contributed by atoms with Crippen LogP contribution >= 0.6 is 0 Å². The molecule has 0 radical (unpaired) electrons. The number of alkyl halides is 6. The first-order chi connectivity index (χ1) is 33.0. The minimum absolute atomic E-state index is 0.0148. The van der Waals surface area contributed by atoms with E-state index in [1.54, 1.807) is 6.07 Å². The van der Waals surface area contributed by atoms with E-state index in [0.717, 1.165) is 46.2 Å². The smallest absolute Gasteiger partial charge is 0.322 e. The molecule has 0 aromatic heterocycles. The highest BCUT2D eigenvalue weighted by molar-refractivity contribution is 6.11. The van der Waals surface area contributed by atoms with Gasteiger partial charge in [-0.1, -0.05) is 31.2 Å². The summed E-state index contributed by atoms with van der Waals surface area (Å²) < 4.78 is 107. The molecule has 15 nitrogen and oxygen atoms in total. The van der Waals surface area contributed by atoms with Crippen molar-refractivity contribution < 1.29 is 68.7 Å². The first-order valence-corrected chi connectivity index (χ1v) is 20.9. The fourth-order valence-electron chi connectivity index (χ4n) is 9.16. The van der Waals surface area contributed by atoms with Crippen LogP contribution in [0.3, 0.4) is 0 Å². The summed E-state index contributed by atoms with van der Waals surface area (Å²) in [6, 6.07) is 19.4. The van der Waals surface area contributed by atoms with Gasteiger partial charge >= 0.3 is 18.5 Å². The molecule has 5 amide bonds. The molecule has 23 heteroatoms. The summed E-state index contributed by atoms with van der Waals surface area (Å²) in [5.41, 5.74) is -1.65. The first-order valence-electron chi connectivity index (χ1n) is 20.9. The molecule has 2 aliphatic heterocycles. The van der Waals surface area contributed by atoms with E-state index in [4.69, 9.17) is 26.0 Å². The zero-order valence-electron chi connectivity index (χ0n) is 36.5. The van der Waals surface area contributed by atoms with Crippen LogP contribution in [0.4, 0.5) is 46.5 Å². The number of hydrazine groups is 1. The Balaban J connectivity index is 0.000000218. The minimum Gasteiger partial charge on any atom is -0.322 e. The summed E-state index contributed by atoms with van der Waals surface area (Å²) in [6.07, 6.45) is -8.16. The maximum atomic E-state index is 14.7. The molecule has 0 atom stereocenters. The summed E-state index contributed by atoms with van der Waals surface area (Å²) in [5, 5.41) is 17.9. The van der Waals surface area contributed by atoms with Gasteiger partial charge in [-0.3, -0.25) is 39.2 Å². The number of carbonyl (C=O) groups is 5. The van der Waals surface area contributed by atoms with Crippen LogP contribution in [0.5, 0.6) is 0 Å². The van der Waals surface area contributed by atoms with E-state index in [0.29, 0.717) is 24.0 Å². The number of halogens is 8. The highest BCUT2D eigenvalue weighted by atomic mass is 19.4. The SMILES string of the molecule is CC1CC2(C1)C(=O)N(c1ccc(C#N)cc1F)CC(=O)N2Cc1ccc(C(F)(F)F)cc1.N#Cc1ccc(N2CC(=O)N(Cc3ccc(C(F)(F)F)cc3)C3(CC(C(=O)NN)C3)C2=O)c(F)c1.O=C=O. The van der Waals surface area contributed by atoms with Crippen molar-refractivity contribution in [3.05, 3.63) is 130 Å². The Labute approximate surface area is 392 Å². The van der Waals surface area contributed by atoms with Gasteiger partial charge in [0.25, 0.3) is 11.8 Å². The van der Waals surface area contributed by atoms with E-state index in [1.165, 1.54) is 58.3 Å². The molecule has 4 fully saturated rings. The maximum absolute atomic E-state index is 14.7. The van der Waals surface area contributed by atoms with Crippen LogP contribution in [-0.4, -0.2) is 69.7 Å². The van der Waals surface area contributed by atoms with E-state index in [9.17, 15) is 59.1 Å². The zero-order valence-corrected chi connectivity index (χ0v) is 36.5. The lowest BCUT2D eigenvalue weighted by Crippen LogP contribution is -2.74. The Hall–Kier alpha value is -8.01. The van der Waals surface area contributed by atoms with Crippen molar-refractivity contribution in [3.63, 3.8) is 0 Å². The molecule has 0 bridgehead atoms. The lowest BCUT2D eigenvalue weighted by Gasteiger charge is -2.56. The molecule has 4 aromatic rings. The first kappa shape index (κ1) is 51.4. The number of hydrogen-bond acceptors (Lipinski definition) is 10. The maximum Gasteiger partial charge on any atom is 0.416 e. The van der Waals surface area contributed by atoms with Gasteiger partial charge < -0.3 is 9.80 Å². The Bertz CT molecular complexity index is 2830. The third-order valence-electron chi connectivity index (χ3n) is 12.5.